The predicted molar refractivity (Wildman–Crippen MR) is 111 cm³/mol. The van der Waals surface area contributed by atoms with Crippen LogP contribution in [0.4, 0.5) is 17.3 Å². The predicted octanol–water partition coefficient (Wildman–Crippen LogP) is 1.85. The molecule has 2 saturated carbocycles. The minimum atomic E-state index is -0.223. The molecule has 10 nitrogen and oxygen atoms in total. The third-order valence-corrected chi connectivity index (χ3v) is 5.55. The maximum absolute atomic E-state index is 12.8. The minimum Gasteiger partial charge on any atom is -0.380 e. The molecule has 10 heteroatoms. The number of anilines is 3. The van der Waals surface area contributed by atoms with E-state index in [1.54, 1.807) is 6.07 Å². The fraction of sp³-hybridized carbons (Fsp3) is 0.500. The lowest BCUT2D eigenvalue weighted by Gasteiger charge is -2.29. The van der Waals surface area contributed by atoms with Gasteiger partial charge >= 0.3 is 0 Å². The molecule has 0 spiro atoms. The average Bonchev–Trinajstić information content (AvgIpc) is 2.71. The van der Waals surface area contributed by atoms with Gasteiger partial charge in [0.2, 0.25) is 0 Å². The molecular formula is C20H25N9O. The van der Waals surface area contributed by atoms with Crippen molar-refractivity contribution in [2.24, 2.45) is 5.73 Å². The van der Waals surface area contributed by atoms with Crippen LogP contribution in [0.25, 0.3) is 0 Å². The van der Waals surface area contributed by atoms with E-state index in [1.807, 2.05) is 6.07 Å². The summed E-state index contributed by atoms with van der Waals surface area (Å²) >= 11 is 0. The van der Waals surface area contributed by atoms with Crippen LogP contribution in [0, 0.1) is 11.3 Å². The summed E-state index contributed by atoms with van der Waals surface area (Å²) in [6.07, 6.45) is 9.85. The maximum atomic E-state index is 12.8. The van der Waals surface area contributed by atoms with Crippen molar-refractivity contribution in [2.75, 3.05) is 10.6 Å². The average molecular weight is 407 g/mol. The van der Waals surface area contributed by atoms with Crippen molar-refractivity contribution in [1.29, 1.82) is 5.26 Å². The lowest BCUT2D eigenvalue weighted by molar-refractivity contribution is 0.0911. The summed E-state index contributed by atoms with van der Waals surface area (Å²) in [5.41, 5.74) is 7.24. The number of carbonyl (C=O) groups excluding carboxylic acids is 1. The molecule has 2 fully saturated rings. The lowest BCUT2D eigenvalue weighted by Crippen LogP contribution is -2.40. The molecule has 2 aliphatic carbocycles. The largest absolute Gasteiger partial charge is 0.380 e. The Morgan fingerprint density at radius 3 is 2.53 bits per heavy atom. The molecule has 1 amide bonds. The minimum absolute atomic E-state index is 0.157. The molecule has 0 aliphatic heterocycles. The van der Waals surface area contributed by atoms with Gasteiger partial charge in [-0.05, 0) is 44.9 Å². The van der Waals surface area contributed by atoms with Gasteiger partial charge in [-0.1, -0.05) is 0 Å². The van der Waals surface area contributed by atoms with E-state index in [0.717, 1.165) is 44.9 Å². The van der Waals surface area contributed by atoms with Gasteiger partial charge in [0.1, 0.15) is 11.9 Å². The first-order valence-electron chi connectivity index (χ1n) is 10.3. The number of nitrogens with two attached hydrogens (primary N) is 1. The Morgan fingerprint density at radius 2 is 1.87 bits per heavy atom. The summed E-state index contributed by atoms with van der Waals surface area (Å²) in [5, 5.41) is 26.7. The highest BCUT2D eigenvalue weighted by Gasteiger charge is 2.25. The second kappa shape index (κ2) is 9.00. The van der Waals surface area contributed by atoms with Crippen molar-refractivity contribution in [1.82, 2.24) is 25.5 Å². The quantitative estimate of drug-likeness (QED) is 0.561. The summed E-state index contributed by atoms with van der Waals surface area (Å²) in [7, 11) is 0. The first-order valence-corrected chi connectivity index (χ1v) is 10.3. The monoisotopic (exact) mass is 407 g/mol. The van der Waals surface area contributed by atoms with E-state index in [1.165, 1.54) is 12.4 Å². The molecule has 2 atom stereocenters. The normalized spacial score (nSPS) is 21.2. The van der Waals surface area contributed by atoms with E-state index in [9.17, 15) is 4.79 Å². The van der Waals surface area contributed by atoms with Gasteiger partial charge in [-0.2, -0.15) is 5.26 Å². The molecule has 2 aromatic rings. The highest BCUT2D eigenvalue weighted by Crippen LogP contribution is 2.26. The van der Waals surface area contributed by atoms with Crippen LogP contribution in [0.1, 0.15) is 61.1 Å². The fourth-order valence-corrected chi connectivity index (χ4v) is 3.70. The molecule has 2 aromatic heterocycles. The van der Waals surface area contributed by atoms with Gasteiger partial charge in [0, 0.05) is 24.2 Å². The Morgan fingerprint density at radius 1 is 1.07 bits per heavy atom. The zero-order valence-corrected chi connectivity index (χ0v) is 16.6. The summed E-state index contributed by atoms with van der Waals surface area (Å²) in [6.45, 7) is 0. The third kappa shape index (κ3) is 4.80. The van der Waals surface area contributed by atoms with E-state index >= 15 is 0 Å². The number of aromatic nitrogens is 4. The first kappa shape index (κ1) is 20.0. The van der Waals surface area contributed by atoms with Crippen molar-refractivity contribution < 1.29 is 4.79 Å². The van der Waals surface area contributed by atoms with Gasteiger partial charge in [0.15, 0.2) is 17.2 Å². The summed E-state index contributed by atoms with van der Waals surface area (Å²) < 4.78 is 0. The summed E-state index contributed by atoms with van der Waals surface area (Å²) in [4.78, 5) is 20.9. The van der Waals surface area contributed by atoms with E-state index < -0.39 is 0 Å². The number of rotatable bonds is 6. The van der Waals surface area contributed by atoms with Crippen molar-refractivity contribution in [3.63, 3.8) is 0 Å². The first-order chi connectivity index (χ1) is 14.6. The molecule has 0 aromatic carbocycles. The molecule has 30 heavy (non-hydrogen) atoms. The van der Waals surface area contributed by atoms with Gasteiger partial charge in [0.25, 0.3) is 5.91 Å². The number of carbonyl (C=O) groups is 1. The number of nitrogens with zero attached hydrogens (tertiary/aromatic N) is 5. The Balaban J connectivity index is 1.55. The number of amides is 1. The van der Waals surface area contributed by atoms with E-state index in [-0.39, 0.29) is 35.4 Å². The van der Waals surface area contributed by atoms with Crippen molar-refractivity contribution in [3.05, 3.63) is 29.8 Å². The molecule has 2 unspecified atom stereocenters. The van der Waals surface area contributed by atoms with E-state index in [2.05, 4.69) is 36.1 Å². The Bertz CT molecular complexity index is 936. The number of hydrogen-bond donors (Lipinski definition) is 4. The molecular weight excluding hydrogens is 382 g/mol. The topological polar surface area (TPSA) is 155 Å². The van der Waals surface area contributed by atoms with Crippen molar-refractivity contribution >= 4 is 23.2 Å². The molecule has 0 radical (unpaired) electrons. The second-order valence-electron chi connectivity index (χ2n) is 7.88. The van der Waals surface area contributed by atoms with Crippen LogP contribution in [0.5, 0.6) is 0 Å². The summed E-state index contributed by atoms with van der Waals surface area (Å²) in [5.74, 6) is 0.636. The Labute approximate surface area is 174 Å². The van der Waals surface area contributed by atoms with E-state index in [0.29, 0.717) is 17.3 Å². The number of nitriles is 1. The highest BCUT2D eigenvalue weighted by atomic mass is 16.2. The van der Waals surface area contributed by atoms with Crippen LogP contribution >= 0.6 is 0 Å². The second-order valence-corrected chi connectivity index (χ2v) is 7.88. The van der Waals surface area contributed by atoms with Gasteiger partial charge in [-0.15, -0.1) is 10.2 Å². The van der Waals surface area contributed by atoms with Crippen LogP contribution in [-0.2, 0) is 0 Å². The molecule has 4 rings (SSSR count). The lowest BCUT2D eigenvalue weighted by atomic mass is 9.91. The van der Waals surface area contributed by atoms with Crippen molar-refractivity contribution in [3.8, 4) is 6.07 Å². The van der Waals surface area contributed by atoms with Crippen molar-refractivity contribution in [2.45, 2.75) is 63.1 Å². The highest BCUT2D eigenvalue weighted by molar-refractivity contribution is 5.98. The fourth-order valence-electron chi connectivity index (χ4n) is 3.70. The van der Waals surface area contributed by atoms with Gasteiger partial charge in [-0.25, -0.2) is 9.97 Å². The molecule has 5 N–H and O–H groups in total. The molecule has 0 bridgehead atoms. The van der Waals surface area contributed by atoms with Crippen LogP contribution in [0.15, 0.2) is 18.5 Å². The van der Waals surface area contributed by atoms with Gasteiger partial charge in [-0.3, -0.25) is 4.79 Å². The number of nitrogens with one attached hydrogen (secondary N) is 3. The Kier molecular flexibility index (Phi) is 5.99. The zero-order valence-electron chi connectivity index (χ0n) is 16.6. The van der Waals surface area contributed by atoms with Crippen LogP contribution in [0.3, 0.4) is 0 Å². The van der Waals surface area contributed by atoms with Gasteiger partial charge in [0.05, 0.1) is 18.1 Å². The van der Waals surface area contributed by atoms with Crippen LogP contribution < -0.4 is 21.7 Å². The smallest absolute Gasteiger partial charge is 0.274 e. The zero-order chi connectivity index (χ0) is 20.9. The molecule has 2 aliphatic rings. The van der Waals surface area contributed by atoms with Gasteiger partial charge < -0.3 is 21.7 Å². The molecule has 0 saturated heterocycles. The maximum Gasteiger partial charge on any atom is 0.274 e. The van der Waals surface area contributed by atoms with Crippen LogP contribution in [0.2, 0.25) is 0 Å². The summed E-state index contributed by atoms with van der Waals surface area (Å²) in [6, 6.07) is 4.22. The third-order valence-electron chi connectivity index (χ3n) is 5.55. The molecule has 156 valence electrons. The van der Waals surface area contributed by atoms with Crippen LogP contribution in [-0.4, -0.2) is 44.2 Å². The Hall–Kier alpha value is -3.32. The number of hydrogen-bond acceptors (Lipinski definition) is 9. The SMILES string of the molecule is N#Cc1cnc(Nc2cc(NC3CCCC(N)C3)c(C(=O)NC3CCC3)nn2)cn1. The molecule has 2 heterocycles. The van der Waals surface area contributed by atoms with E-state index in [4.69, 9.17) is 11.0 Å². The standard InChI is InChI=1S/C20H25N9O/c21-9-15-10-24-18(11-23-15)27-17-8-16(25-14-6-1-3-12(22)7-14)19(29-28-17)20(30)26-13-4-2-5-13/h8,10-14H,1-7,22H2,(H,26,30)(H2,24,25,27,28).